The Kier molecular flexibility index (Phi) is 4.66. The lowest BCUT2D eigenvalue weighted by molar-refractivity contribution is -0.120. The quantitative estimate of drug-likeness (QED) is 0.814. The summed E-state index contributed by atoms with van der Waals surface area (Å²) in [4.78, 5) is 14.5. The van der Waals surface area contributed by atoms with Gasteiger partial charge in [-0.3, -0.25) is 0 Å². The third-order valence-corrected chi connectivity index (χ3v) is 3.04. The van der Waals surface area contributed by atoms with Gasteiger partial charge in [0.25, 0.3) is 0 Å². The fourth-order valence-electron chi connectivity index (χ4n) is 2.16. The summed E-state index contributed by atoms with van der Waals surface area (Å²) in [5.41, 5.74) is 5.57. The Balaban J connectivity index is 2.26. The molecular formula is C11H17F3N6O. The highest BCUT2D eigenvalue weighted by atomic mass is 19.4. The number of aliphatic hydroxyl groups is 1. The minimum atomic E-state index is -4.43. The van der Waals surface area contributed by atoms with E-state index in [1.54, 1.807) is 0 Å². The van der Waals surface area contributed by atoms with E-state index in [0.29, 0.717) is 0 Å². The molecule has 0 unspecified atom stereocenters. The first-order valence-corrected chi connectivity index (χ1v) is 6.58. The minimum Gasteiger partial charge on any atom is -0.395 e. The molecule has 1 aliphatic heterocycles. The van der Waals surface area contributed by atoms with Crippen LogP contribution in [0.3, 0.4) is 0 Å². The van der Waals surface area contributed by atoms with Crippen LogP contribution in [-0.2, 0) is 0 Å². The molecule has 3 N–H and O–H groups in total. The number of anilines is 3. The minimum absolute atomic E-state index is 0.132. The molecule has 2 rings (SSSR count). The maximum absolute atomic E-state index is 12.6. The highest BCUT2D eigenvalue weighted by Crippen LogP contribution is 2.22. The number of rotatable bonds is 5. The standard InChI is InChI=1S/C11H17F3N6O/c12-11(13,14)7-20(5-6-21)10-17-8(15)16-9(18-10)19-3-1-2-4-19/h21H,1-7H2,(H2,15,16,17,18). The molecule has 10 heteroatoms. The van der Waals surface area contributed by atoms with Crippen LogP contribution in [0.15, 0.2) is 0 Å². The van der Waals surface area contributed by atoms with Crippen LogP contribution < -0.4 is 15.5 Å². The number of nitrogens with two attached hydrogens (primary N) is 1. The van der Waals surface area contributed by atoms with Crippen molar-refractivity contribution in [3.63, 3.8) is 0 Å². The van der Waals surface area contributed by atoms with Gasteiger partial charge in [0.2, 0.25) is 17.8 Å². The van der Waals surface area contributed by atoms with E-state index >= 15 is 0 Å². The molecular weight excluding hydrogens is 289 g/mol. The first-order valence-electron chi connectivity index (χ1n) is 6.58. The first-order chi connectivity index (χ1) is 9.89. The molecule has 1 fully saturated rings. The Bertz CT molecular complexity index is 478. The van der Waals surface area contributed by atoms with E-state index in [2.05, 4.69) is 15.0 Å². The SMILES string of the molecule is Nc1nc(N2CCCC2)nc(N(CCO)CC(F)(F)F)n1. The van der Waals surface area contributed by atoms with Crippen LogP contribution in [0.25, 0.3) is 0 Å². The van der Waals surface area contributed by atoms with E-state index < -0.39 is 19.3 Å². The average Bonchev–Trinajstić information content (AvgIpc) is 2.90. The van der Waals surface area contributed by atoms with Gasteiger partial charge < -0.3 is 20.6 Å². The number of hydrogen-bond donors (Lipinski definition) is 2. The number of alkyl halides is 3. The maximum atomic E-state index is 12.6. The fourth-order valence-corrected chi connectivity index (χ4v) is 2.16. The number of hydrogen-bond acceptors (Lipinski definition) is 7. The molecule has 1 aliphatic rings. The summed E-state index contributed by atoms with van der Waals surface area (Å²) < 4.78 is 37.7. The number of aliphatic hydroxyl groups excluding tert-OH is 1. The Hall–Kier alpha value is -1.84. The molecule has 0 spiro atoms. The summed E-state index contributed by atoms with van der Waals surface area (Å²) in [6, 6.07) is 0. The lowest BCUT2D eigenvalue weighted by atomic mass is 10.4. The van der Waals surface area contributed by atoms with Crippen LogP contribution >= 0.6 is 0 Å². The Morgan fingerprint density at radius 1 is 1.19 bits per heavy atom. The third-order valence-electron chi connectivity index (χ3n) is 3.04. The lowest BCUT2D eigenvalue weighted by Gasteiger charge is -2.24. The predicted molar refractivity (Wildman–Crippen MR) is 71.0 cm³/mol. The molecule has 0 aromatic carbocycles. The molecule has 0 saturated carbocycles. The van der Waals surface area contributed by atoms with Crippen LogP contribution in [-0.4, -0.2) is 59.0 Å². The zero-order chi connectivity index (χ0) is 15.5. The van der Waals surface area contributed by atoms with Crippen LogP contribution in [0.5, 0.6) is 0 Å². The summed E-state index contributed by atoms with van der Waals surface area (Å²) in [6.07, 6.45) is -2.47. The van der Waals surface area contributed by atoms with Crippen molar-refractivity contribution in [2.75, 3.05) is 48.3 Å². The molecule has 0 bridgehead atoms. The zero-order valence-corrected chi connectivity index (χ0v) is 11.3. The second kappa shape index (κ2) is 6.29. The van der Waals surface area contributed by atoms with Gasteiger partial charge in [-0.15, -0.1) is 0 Å². The largest absolute Gasteiger partial charge is 0.406 e. The van der Waals surface area contributed by atoms with Crippen molar-refractivity contribution in [2.24, 2.45) is 0 Å². The molecule has 1 aromatic rings. The molecule has 1 saturated heterocycles. The smallest absolute Gasteiger partial charge is 0.395 e. The van der Waals surface area contributed by atoms with Gasteiger partial charge in [0.1, 0.15) is 6.54 Å². The fraction of sp³-hybridized carbons (Fsp3) is 0.727. The second-order valence-electron chi connectivity index (χ2n) is 4.75. The van der Waals surface area contributed by atoms with Gasteiger partial charge in [0, 0.05) is 19.6 Å². The van der Waals surface area contributed by atoms with E-state index in [1.165, 1.54) is 0 Å². The molecule has 118 valence electrons. The van der Waals surface area contributed by atoms with Crippen molar-refractivity contribution in [3.05, 3.63) is 0 Å². The topological polar surface area (TPSA) is 91.4 Å². The van der Waals surface area contributed by atoms with Crippen LogP contribution in [0.4, 0.5) is 31.0 Å². The molecule has 0 amide bonds. The van der Waals surface area contributed by atoms with Crippen LogP contribution in [0, 0.1) is 0 Å². The maximum Gasteiger partial charge on any atom is 0.406 e. The van der Waals surface area contributed by atoms with Crippen molar-refractivity contribution < 1.29 is 18.3 Å². The van der Waals surface area contributed by atoms with E-state index in [-0.39, 0.29) is 24.4 Å². The third kappa shape index (κ3) is 4.31. The van der Waals surface area contributed by atoms with Crippen molar-refractivity contribution >= 4 is 17.8 Å². The normalized spacial score (nSPS) is 15.5. The van der Waals surface area contributed by atoms with E-state index in [4.69, 9.17) is 10.8 Å². The lowest BCUT2D eigenvalue weighted by Crippen LogP contribution is -2.38. The van der Waals surface area contributed by atoms with Gasteiger partial charge in [0.15, 0.2) is 0 Å². The molecule has 0 atom stereocenters. The molecule has 0 aliphatic carbocycles. The number of halogens is 3. The molecule has 0 radical (unpaired) electrons. The van der Waals surface area contributed by atoms with Crippen molar-refractivity contribution in [1.82, 2.24) is 15.0 Å². The van der Waals surface area contributed by atoms with Crippen molar-refractivity contribution in [1.29, 1.82) is 0 Å². The number of nitrogens with zero attached hydrogens (tertiary/aromatic N) is 5. The van der Waals surface area contributed by atoms with Gasteiger partial charge in [-0.25, -0.2) is 0 Å². The van der Waals surface area contributed by atoms with Crippen molar-refractivity contribution in [3.8, 4) is 0 Å². The molecule has 1 aromatic heterocycles. The average molecular weight is 306 g/mol. The number of nitrogen functional groups attached to an aromatic ring is 1. The van der Waals surface area contributed by atoms with Gasteiger partial charge in [-0.05, 0) is 12.8 Å². The summed E-state index contributed by atoms with van der Waals surface area (Å²) >= 11 is 0. The van der Waals surface area contributed by atoms with Crippen LogP contribution in [0.2, 0.25) is 0 Å². The van der Waals surface area contributed by atoms with Crippen LogP contribution in [0.1, 0.15) is 12.8 Å². The zero-order valence-electron chi connectivity index (χ0n) is 11.3. The van der Waals surface area contributed by atoms with E-state index in [0.717, 1.165) is 30.8 Å². The summed E-state index contributed by atoms with van der Waals surface area (Å²) in [6.45, 7) is -0.454. The van der Waals surface area contributed by atoms with Gasteiger partial charge in [-0.1, -0.05) is 0 Å². The first kappa shape index (κ1) is 15.5. The number of aromatic nitrogens is 3. The Labute approximate surface area is 119 Å². The van der Waals surface area contributed by atoms with Gasteiger partial charge >= 0.3 is 6.18 Å². The molecule has 7 nitrogen and oxygen atoms in total. The van der Waals surface area contributed by atoms with Gasteiger partial charge in [0.05, 0.1) is 6.61 Å². The van der Waals surface area contributed by atoms with Crippen molar-refractivity contribution in [2.45, 2.75) is 19.0 Å². The molecule has 21 heavy (non-hydrogen) atoms. The molecule has 2 heterocycles. The predicted octanol–water partition coefficient (Wildman–Crippen LogP) is 0.415. The Morgan fingerprint density at radius 3 is 2.43 bits per heavy atom. The highest BCUT2D eigenvalue weighted by Gasteiger charge is 2.32. The second-order valence-corrected chi connectivity index (χ2v) is 4.75. The van der Waals surface area contributed by atoms with Gasteiger partial charge in [-0.2, -0.15) is 28.1 Å². The van der Waals surface area contributed by atoms with E-state index in [1.807, 2.05) is 4.90 Å². The summed E-state index contributed by atoms with van der Waals surface area (Å²) in [5, 5.41) is 8.92. The van der Waals surface area contributed by atoms with E-state index in [9.17, 15) is 13.2 Å². The Morgan fingerprint density at radius 2 is 1.86 bits per heavy atom. The monoisotopic (exact) mass is 306 g/mol. The highest BCUT2D eigenvalue weighted by molar-refractivity contribution is 5.44. The summed E-state index contributed by atoms with van der Waals surface area (Å²) in [7, 11) is 0. The summed E-state index contributed by atoms with van der Waals surface area (Å²) in [5.74, 6) is -0.0251.